The molecule has 58 valence electrons. The predicted molar refractivity (Wildman–Crippen MR) is 41.9 cm³/mol. The molecule has 1 aliphatic heterocycles. The minimum Gasteiger partial charge on any atom is -0.392 e. The highest BCUT2D eigenvalue weighted by Gasteiger charge is 2.08. The lowest BCUT2D eigenvalue weighted by molar-refractivity contribution is 0.326. The summed E-state index contributed by atoms with van der Waals surface area (Å²) in [5.74, 6) is 0. The average Bonchev–Trinajstić information content (AvgIpc) is 2.50. The number of hydrogen-bond donors (Lipinski definition) is 1. The fraction of sp³-hybridized carbons (Fsp3) is 0.375. The number of nitrogens with zero attached hydrogens (tertiary/aromatic N) is 2. The molecule has 0 saturated heterocycles. The highest BCUT2D eigenvalue weighted by Crippen LogP contribution is 2.16. The molecule has 0 radical (unpaired) electrons. The van der Waals surface area contributed by atoms with E-state index in [1.807, 2.05) is 17.0 Å². The van der Waals surface area contributed by atoms with Gasteiger partial charge in [0.15, 0.2) is 0 Å². The molecule has 0 saturated carbocycles. The summed E-state index contributed by atoms with van der Waals surface area (Å²) in [6.07, 6.45) is 7.54. The summed E-state index contributed by atoms with van der Waals surface area (Å²) in [7, 11) is 0. The molecule has 3 heteroatoms. The van der Waals surface area contributed by atoms with Gasteiger partial charge in [0.2, 0.25) is 0 Å². The zero-order valence-electron chi connectivity index (χ0n) is 6.20. The molecule has 0 amide bonds. The maximum atomic E-state index is 8.85. The van der Waals surface area contributed by atoms with E-state index in [0.717, 1.165) is 18.4 Å². The monoisotopic (exact) mass is 150 g/mol. The van der Waals surface area contributed by atoms with Crippen molar-refractivity contribution in [2.45, 2.75) is 12.8 Å². The van der Waals surface area contributed by atoms with Crippen LogP contribution in [0.2, 0.25) is 0 Å². The van der Waals surface area contributed by atoms with Crippen molar-refractivity contribution in [3.63, 3.8) is 0 Å². The number of hydrogen-bond acceptors (Lipinski definition) is 2. The van der Waals surface area contributed by atoms with Crippen LogP contribution in [-0.4, -0.2) is 21.3 Å². The Labute approximate surface area is 65.0 Å². The summed E-state index contributed by atoms with van der Waals surface area (Å²) < 4.78 is 1.97. The average molecular weight is 150 g/mol. The van der Waals surface area contributed by atoms with E-state index in [4.69, 9.17) is 5.11 Å². The van der Waals surface area contributed by atoms with Crippen LogP contribution in [0.4, 0.5) is 0 Å². The third-order valence-electron chi connectivity index (χ3n) is 1.97. The van der Waals surface area contributed by atoms with Gasteiger partial charge in [-0.05, 0) is 18.4 Å². The predicted octanol–water partition coefficient (Wildman–Crippen LogP) is 0.663. The van der Waals surface area contributed by atoms with Crippen LogP contribution in [0.5, 0.6) is 0 Å². The van der Waals surface area contributed by atoms with Gasteiger partial charge in [-0.2, -0.15) is 0 Å². The van der Waals surface area contributed by atoms with Gasteiger partial charge in [0.05, 0.1) is 12.9 Å². The smallest absolute Gasteiger partial charge is 0.0989 e. The lowest BCUT2D eigenvalue weighted by Crippen LogP contribution is -2.05. The highest BCUT2D eigenvalue weighted by atomic mass is 16.3. The standard InChI is InChI=1S/C8H10N2O/c11-5-7-1-2-8-3-9-6-10(8)4-7/h3-4,6,11H,1-2,5H2. The van der Waals surface area contributed by atoms with Crippen molar-refractivity contribution in [1.82, 2.24) is 9.55 Å². The van der Waals surface area contributed by atoms with Crippen LogP contribution in [-0.2, 0) is 6.42 Å². The topological polar surface area (TPSA) is 38.0 Å². The van der Waals surface area contributed by atoms with E-state index in [0.29, 0.717) is 0 Å². The first kappa shape index (κ1) is 6.61. The van der Waals surface area contributed by atoms with Crippen molar-refractivity contribution in [1.29, 1.82) is 0 Å². The number of aromatic nitrogens is 2. The molecule has 1 aromatic heterocycles. The zero-order valence-corrected chi connectivity index (χ0v) is 6.20. The van der Waals surface area contributed by atoms with E-state index in [1.165, 1.54) is 5.69 Å². The fourth-order valence-electron chi connectivity index (χ4n) is 1.31. The van der Waals surface area contributed by atoms with Crippen molar-refractivity contribution in [2.24, 2.45) is 0 Å². The van der Waals surface area contributed by atoms with E-state index in [-0.39, 0.29) is 6.61 Å². The van der Waals surface area contributed by atoms with E-state index in [1.54, 1.807) is 6.33 Å². The van der Waals surface area contributed by atoms with Gasteiger partial charge >= 0.3 is 0 Å². The van der Waals surface area contributed by atoms with Gasteiger partial charge in [-0.15, -0.1) is 0 Å². The number of fused-ring (bicyclic) bond motifs is 1. The number of rotatable bonds is 1. The van der Waals surface area contributed by atoms with Gasteiger partial charge in [0.25, 0.3) is 0 Å². The Kier molecular flexibility index (Phi) is 1.51. The Morgan fingerprint density at radius 1 is 1.55 bits per heavy atom. The number of aliphatic hydroxyl groups excluding tert-OH is 1. The van der Waals surface area contributed by atoms with Gasteiger partial charge in [-0.1, -0.05) is 0 Å². The maximum Gasteiger partial charge on any atom is 0.0989 e. The van der Waals surface area contributed by atoms with Crippen molar-refractivity contribution in [2.75, 3.05) is 6.61 Å². The maximum absolute atomic E-state index is 8.85. The van der Waals surface area contributed by atoms with Gasteiger partial charge in [0, 0.05) is 18.1 Å². The summed E-state index contributed by atoms with van der Waals surface area (Å²) in [6, 6.07) is 0. The molecule has 1 aromatic rings. The van der Waals surface area contributed by atoms with Crippen LogP contribution in [0.1, 0.15) is 12.1 Å². The third-order valence-corrected chi connectivity index (χ3v) is 1.97. The normalized spacial score (nSPS) is 15.9. The van der Waals surface area contributed by atoms with Crippen LogP contribution in [0.25, 0.3) is 6.20 Å². The largest absolute Gasteiger partial charge is 0.392 e. The summed E-state index contributed by atoms with van der Waals surface area (Å²) >= 11 is 0. The summed E-state index contributed by atoms with van der Waals surface area (Å²) in [5, 5.41) is 8.85. The highest BCUT2D eigenvalue weighted by molar-refractivity contribution is 5.36. The summed E-state index contributed by atoms with van der Waals surface area (Å²) in [4.78, 5) is 4.01. The van der Waals surface area contributed by atoms with Crippen molar-refractivity contribution in [3.05, 3.63) is 23.8 Å². The van der Waals surface area contributed by atoms with Gasteiger partial charge in [0.1, 0.15) is 0 Å². The molecule has 0 fully saturated rings. The molecular weight excluding hydrogens is 140 g/mol. The van der Waals surface area contributed by atoms with E-state index < -0.39 is 0 Å². The van der Waals surface area contributed by atoms with E-state index in [9.17, 15) is 0 Å². The fourth-order valence-corrected chi connectivity index (χ4v) is 1.31. The van der Waals surface area contributed by atoms with E-state index in [2.05, 4.69) is 4.98 Å². The van der Waals surface area contributed by atoms with Crippen molar-refractivity contribution >= 4 is 6.20 Å². The SMILES string of the molecule is OCC1=Cn2cncc2CC1. The Morgan fingerprint density at radius 2 is 2.45 bits per heavy atom. The minimum absolute atomic E-state index is 0.164. The Morgan fingerprint density at radius 3 is 3.27 bits per heavy atom. The Balaban J connectivity index is 2.37. The van der Waals surface area contributed by atoms with Crippen LogP contribution >= 0.6 is 0 Å². The molecule has 0 aromatic carbocycles. The van der Waals surface area contributed by atoms with Crippen LogP contribution in [0.15, 0.2) is 18.1 Å². The Bertz CT molecular complexity index is 288. The van der Waals surface area contributed by atoms with Crippen molar-refractivity contribution < 1.29 is 5.11 Å². The first-order chi connectivity index (χ1) is 5.40. The molecule has 11 heavy (non-hydrogen) atoms. The quantitative estimate of drug-likeness (QED) is 0.638. The first-order valence-corrected chi connectivity index (χ1v) is 3.71. The van der Waals surface area contributed by atoms with E-state index >= 15 is 0 Å². The van der Waals surface area contributed by atoms with Crippen LogP contribution in [0, 0.1) is 0 Å². The van der Waals surface area contributed by atoms with Crippen LogP contribution < -0.4 is 0 Å². The summed E-state index contributed by atoms with van der Waals surface area (Å²) in [5.41, 5.74) is 2.30. The molecular formula is C8H10N2O. The molecule has 0 bridgehead atoms. The lowest BCUT2D eigenvalue weighted by atomic mass is 10.1. The van der Waals surface area contributed by atoms with Crippen molar-refractivity contribution in [3.8, 4) is 0 Å². The molecule has 0 aliphatic carbocycles. The second-order valence-electron chi connectivity index (χ2n) is 2.74. The molecule has 2 heterocycles. The molecule has 2 rings (SSSR count). The molecule has 0 spiro atoms. The first-order valence-electron chi connectivity index (χ1n) is 3.71. The Hall–Kier alpha value is -1.09. The molecule has 1 N–H and O–H groups in total. The molecule has 0 unspecified atom stereocenters. The summed E-state index contributed by atoms with van der Waals surface area (Å²) in [6.45, 7) is 0.164. The number of imidazole rings is 1. The molecule has 3 nitrogen and oxygen atoms in total. The molecule has 0 atom stereocenters. The third kappa shape index (κ3) is 1.07. The minimum atomic E-state index is 0.164. The number of aliphatic hydroxyl groups is 1. The van der Waals surface area contributed by atoms with Gasteiger partial charge in [-0.25, -0.2) is 4.98 Å². The lowest BCUT2D eigenvalue weighted by Gasteiger charge is -2.12. The second kappa shape index (κ2) is 2.51. The molecule has 1 aliphatic rings. The van der Waals surface area contributed by atoms with Gasteiger partial charge < -0.3 is 9.67 Å². The van der Waals surface area contributed by atoms with Gasteiger partial charge in [-0.3, -0.25) is 0 Å². The number of aryl methyl sites for hydroxylation is 1. The second-order valence-corrected chi connectivity index (χ2v) is 2.74. The van der Waals surface area contributed by atoms with Crippen LogP contribution in [0.3, 0.4) is 0 Å². The zero-order chi connectivity index (χ0) is 7.68.